The minimum atomic E-state index is -0.658. The molecule has 2 aliphatic heterocycles. The van der Waals surface area contributed by atoms with Crippen molar-refractivity contribution in [2.24, 2.45) is 0 Å². The van der Waals surface area contributed by atoms with Crippen LogP contribution >= 0.6 is 15.9 Å². The number of halogens is 1. The van der Waals surface area contributed by atoms with E-state index in [2.05, 4.69) is 59.1 Å². The molecule has 0 spiro atoms. The number of hydrogen-bond acceptors (Lipinski definition) is 5. The Hall–Kier alpha value is -1.89. The summed E-state index contributed by atoms with van der Waals surface area (Å²) in [6.45, 7) is 2.65. The van der Waals surface area contributed by atoms with Gasteiger partial charge in [0, 0.05) is 18.0 Å². The van der Waals surface area contributed by atoms with Crippen molar-refractivity contribution < 1.29 is 19.4 Å². The molecule has 0 aromatic heterocycles. The van der Waals surface area contributed by atoms with Crippen molar-refractivity contribution in [1.82, 2.24) is 4.90 Å². The zero-order valence-electron chi connectivity index (χ0n) is 20.2. The molecule has 2 bridgehead atoms. The maximum absolute atomic E-state index is 13.1. The van der Waals surface area contributed by atoms with Gasteiger partial charge in [0.25, 0.3) is 0 Å². The normalized spacial score (nSPS) is 27.4. The van der Waals surface area contributed by atoms with E-state index in [1.165, 1.54) is 5.56 Å². The van der Waals surface area contributed by atoms with Gasteiger partial charge in [0.2, 0.25) is 0 Å². The summed E-state index contributed by atoms with van der Waals surface area (Å²) in [5.74, 6) is -0.0978. The van der Waals surface area contributed by atoms with Crippen molar-refractivity contribution in [3.63, 3.8) is 0 Å². The summed E-state index contributed by atoms with van der Waals surface area (Å²) in [5, 5.41) is 9.91. The molecule has 34 heavy (non-hydrogen) atoms. The molecular weight excluding hydrogens is 494 g/mol. The number of carbonyl (C=O) groups is 1. The van der Waals surface area contributed by atoms with Crippen LogP contribution in [0.5, 0.6) is 5.75 Å². The number of likely N-dealkylation sites (N-methyl/N-ethyl adjacent to an activating group) is 1. The Morgan fingerprint density at radius 2 is 1.94 bits per heavy atom. The molecule has 2 aromatic carbocycles. The Morgan fingerprint density at radius 1 is 1.21 bits per heavy atom. The van der Waals surface area contributed by atoms with Crippen molar-refractivity contribution in [2.75, 3.05) is 20.3 Å². The van der Waals surface area contributed by atoms with E-state index in [4.69, 9.17) is 9.47 Å². The first-order chi connectivity index (χ1) is 16.5. The van der Waals surface area contributed by atoms with Crippen LogP contribution in [-0.4, -0.2) is 58.7 Å². The Labute approximate surface area is 211 Å². The van der Waals surface area contributed by atoms with E-state index < -0.39 is 5.92 Å². The number of esters is 1. The summed E-state index contributed by atoms with van der Waals surface area (Å²) in [6.07, 6.45) is 5.77. The summed E-state index contributed by atoms with van der Waals surface area (Å²) >= 11 is 3.97. The van der Waals surface area contributed by atoms with E-state index in [0.29, 0.717) is 6.04 Å². The molecule has 0 saturated carbocycles. The first-order valence-electron chi connectivity index (χ1n) is 12.4. The van der Waals surface area contributed by atoms with Gasteiger partial charge in [0.05, 0.1) is 18.0 Å². The Balaban J connectivity index is 1.47. The zero-order chi connectivity index (χ0) is 24.1. The van der Waals surface area contributed by atoms with E-state index >= 15 is 0 Å². The van der Waals surface area contributed by atoms with Crippen LogP contribution < -0.4 is 4.74 Å². The van der Waals surface area contributed by atoms with E-state index in [1.807, 2.05) is 30.3 Å². The highest BCUT2D eigenvalue weighted by Gasteiger charge is 2.56. The second-order valence-electron chi connectivity index (χ2n) is 9.69. The smallest absolute Gasteiger partial charge is 0.316 e. The average molecular weight is 531 g/mol. The number of benzene rings is 2. The molecule has 0 aliphatic carbocycles. The molecule has 5 atom stereocenters. The van der Waals surface area contributed by atoms with Crippen molar-refractivity contribution in [1.29, 1.82) is 0 Å². The van der Waals surface area contributed by atoms with Crippen LogP contribution in [0.3, 0.4) is 0 Å². The van der Waals surface area contributed by atoms with Crippen LogP contribution in [0.25, 0.3) is 0 Å². The van der Waals surface area contributed by atoms with E-state index in [0.717, 1.165) is 56.4 Å². The fourth-order valence-electron chi connectivity index (χ4n) is 5.53. The van der Waals surface area contributed by atoms with Crippen molar-refractivity contribution >= 4 is 21.9 Å². The van der Waals surface area contributed by atoms with Gasteiger partial charge in [-0.15, -0.1) is 0 Å². The lowest BCUT2D eigenvalue weighted by Gasteiger charge is -2.49. The summed E-state index contributed by atoms with van der Waals surface area (Å²) in [5.41, 5.74) is 1.91. The maximum atomic E-state index is 13.1. The molecule has 5 nitrogen and oxygen atoms in total. The number of aliphatic hydroxyl groups is 1. The number of nitrogens with zero attached hydrogens (tertiary/aromatic N) is 1. The lowest BCUT2D eigenvalue weighted by atomic mass is 9.81. The van der Waals surface area contributed by atoms with Crippen LogP contribution in [0, 0.1) is 0 Å². The largest absolute Gasteiger partial charge is 0.494 e. The Morgan fingerprint density at radius 3 is 2.62 bits per heavy atom. The molecule has 4 unspecified atom stereocenters. The third-order valence-corrected chi connectivity index (χ3v) is 9.08. The first kappa shape index (κ1) is 25.2. The molecule has 0 amide bonds. The molecular formula is C28H36BrNO4. The lowest BCUT2D eigenvalue weighted by molar-refractivity contribution is -0.156. The number of unbranched alkanes of at least 4 members (excludes halogenated alkanes) is 1. The second-order valence-corrected chi connectivity index (χ2v) is 10.7. The predicted octanol–water partition coefficient (Wildman–Crippen LogP) is 5.10. The minimum absolute atomic E-state index is 0.00305. The topological polar surface area (TPSA) is 59.0 Å². The fraction of sp³-hybridized carbons (Fsp3) is 0.536. The van der Waals surface area contributed by atoms with Crippen LogP contribution in [0.2, 0.25) is 0 Å². The molecule has 1 N–H and O–H groups in total. The molecule has 2 aliphatic rings. The quantitative estimate of drug-likeness (QED) is 0.263. The number of aliphatic hydroxyl groups excluding tert-OH is 1. The lowest BCUT2D eigenvalue weighted by Crippen LogP contribution is -2.61. The monoisotopic (exact) mass is 529 g/mol. The van der Waals surface area contributed by atoms with Gasteiger partial charge in [0.15, 0.2) is 0 Å². The van der Waals surface area contributed by atoms with Gasteiger partial charge in [-0.2, -0.15) is 0 Å². The second kappa shape index (κ2) is 11.2. The number of piperidine rings is 1. The van der Waals surface area contributed by atoms with Gasteiger partial charge in [-0.25, -0.2) is 0 Å². The van der Waals surface area contributed by atoms with Gasteiger partial charge >= 0.3 is 5.97 Å². The Kier molecular flexibility index (Phi) is 8.33. The maximum Gasteiger partial charge on any atom is 0.316 e. The van der Waals surface area contributed by atoms with Gasteiger partial charge in [-0.1, -0.05) is 71.7 Å². The SMILES string of the molecule is CCCCOc1ccc(CC23CCC(CC(OC(=O)[C@H](CO)c4ccccc4)C2Br)N3C)cc1. The summed E-state index contributed by atoms with van der Waals surface area (Å²) < 4.78 is 11.9. The molecule has 184 valence electrons. The van der Waals surface area contributed by atoms with Gasteiger partial charge < -0.3 is 14.6 Å². The number of carbonyl (C=O) groups excluding carboxylic acids is 1. The summed E-state index contributed by atoms with van der Waals surface area (Å²) in [6, 6.07) is 18.2. The number of alkyl halides is 1. The standard InChI is InChI=1S/C28H36BrNO4/c1-3-4-16-33-23-12-10-20(11-13-23)18-28-15-14-22(30(28)2)17-25(26(28)29)34-27(32)24(19-31)21-8-6-5-7-9-21/h5-13,22,24-26,31H,3-4,14-19H2,1-2H3/t22?,24-,25?,26?,28?/m1/s1. The number of hydrogen-bond donors (Lipinski definition) is 1. The molecule has 6 heteroatoms. The van der Waals surface area contributed by atoms with Crippen LogP contribution in [-0.2, 0) is 16.0 Å². The van der Waals surface area contributed by atoms with Crippen LogP contribution in [0.15, 0.2) is 54.6 Å². The molecule has 2 saturated heterocycles. The van der Waals surface area contributed by atoms with Gasteiger partial charge in [-0.05, 0) is 56.0 Å². The summed E-state index contributed by atoms with van der Waals surface area (Å²) in [4.78, 5) is 15.6. The highest BCUT2D eigenvalue weighted by molar-refractivity contribution is 9.09. The molecule has 0 radical (unpaired) electrons. The van der Waals surface area contributed by atoms with Crippen LogP contribution in [0.1, 0.15) is 56.1 Å². The molecule has 2 fully saturated rings. The number of rotatable bonds is 10. The summed E-state index contributed by atoms with van der Waals surface area (Å²) in [7, 11) is 2.20. The number of fused-ring (bicyclic) bond motifs is 2. The van der Waals surface area contributed by atoms with Crippen molar-refractivity contribution in [3.8, 4) is 5.75 Å². The van der Waals surface area contributed by atoms with Crippen molar-refractivity contribution in [2.45, 2.75) is 73.9 Å². The van der Waals surface area contributed by atoms with Gasteiger partial charge in [0.1, 0.15) is 17.8 Å². The van der Waals surface area contributed by atoms with E-state index in [-0.39, 0.29) is 29.0 Å². The predicted molar refractivity (Wildman–Crippen MR) is 138 cm³/mol. The third-order valence-electron chi connectivity index (χ3n) is 7.64. The van der Waals surface area contributed by atoms with E-state index in [9.17, 15) is 9.90 Å². The number of ether oxygens (including phenoxy) is 2. The van der Waals surface area contributed by atoms with Gasteiger partial charge in [-0.3, -0.25) is 9.69 Å². The molecule has 2 aromatic rings. The fourth-order valence-corrected chi connectivity index (χ4v) is 6.57. The Bertz CT molecular complexity index is 937. The average Bonchev–Trinajstić information content (AvgIpc) is 3.08. The minimum Gasteiger partial charge on any atom is -0.494 e. The zero-order valence-corrected chi connectivity index (χ0v) is 21.7. The third kappa shape index (κ3) is 5.19. The van der Waals surface area contributed by atoms with Crippen molar-refractivity contribution in [3.05, 3.63) is 65.7 Å². The molecule has 2 heterocycles. The molecule has 4 rings (SSSR count). The highest BCUT2D eigenvalue weighted by Crippen LogP contribution is 2.49. The van der Waals surface area contributed by atoms with E-state index in [1.54, 1.807) is 0 Å². The first-order valence-corrected chi connectivity index (χ1v) is 13.3. The van der Waals surface area contributed by atoms with Crippen LogP contribution in [0.4, 0.5) is 0 Å². The highest BCUT2D eigenvalue weighted by atomic mass is 79.9.